The first-order valence-corrected chi connectivity index (χ1v) is 11.0. The van der Waals surface area contributed by atoms with Gasteiger partial charge in [-0.25, -0.2) is 27.3 Å². The maximum Gasteiger partial charge on any atom is 0.255 e. The molecule has 1 aromatic rings. The molecule has 2 aliphatic rings. The van der Waals surface area contributed by atoms with Gasteiger partial charge in [-0.3, -0.25) is 4.79 Å². The zero-order valence-electron chi connectivity index (χ0n) is 15.4. The Morgan fingerprint density at radius 1 is 1.25 bits per heavy atom. The maximum atomic E-state index is 14.0. The molecule has 7 nitrogen and oxygen atoms in total. The van der Waals surface area contributed by atoms with Crippen LogP contribution in [0.2, 0.25) is 0 Å². The van der Waals surface area contributed by atoms with Crippen LogP contribution in [0, 0.1) is 5.92 Å². The Hall–Kier alpha value is -1.65. The number of hydrogen-bond donors (Lipinski definition) is 2. The largest absolute Gasteiger partial charge is 0.374 e. The van der Waals surface area contributed by atoms with Crippen LogP contribution in [0.25, 0.3) is 0 Å². The number of amides is 1. The number of aromatic nitrogens is 1. The molecule has 0 saturated heterocycles. The van der Waals surface area contributed by atoms with Crippen LogP contribution in [0.3, 0.4) is 0 Å². The third-order valence-corrected chi connectivity index (χ3v) is 6.12. The number of nitrogens with one attached hydrogen (secondary N) is 1. The van der Waals surface area contributed by atoms with Crippen molar-refractivity contribution in [2.24, 2.45) is 11.1 Å². The summed E-state index contributed by atoms with van der Waals surface area (Å²) in [4.78, 5) is 16.4. The fraction of sp³-hybridized carbons (Fsp3) is 0.667. The third-order valence-electron chi connectivity index (χ3n) is 5.31. The van der Waals surface area contributed by atoms with Crippen LogP contribution in [0.15, 0.2) is 23.4 Å². The molecule has 2 unspecified atom stereocenters. The first-order valence-electron chi connectivity index (χ1n) is 9.47. The van der Waals surface area contributed by atoms with Crippen LogP contribution in [-0.2, 0) is 19.6 Å². The Bertz CT molecular complexity index is 813. The summed E-state index contributed by atoms with van der Waals surface area (Å²) >= 11 is 0. The van der Waals surface area contributed by atoms with E-state index in [1.165, 1.54) is 12.3 Å². The molecular formula is C18H25F2N3O4S. The number of carbonyl (C=O) groups is 1. The second-order valence-electron chi connectivity index (χ2n) is 7.56. The third kappa shape index (κ3) is 5.45. The van der Waals surface area contributed by atoms with Crippen LogP contribution in [-0.4, -0.2) is 37.4 Å². The average Bonchev–Trinajstić information content (AvgIpc) is 2.63. The lowest BCUT2D eigenvalue weighted by atomic mass is 9.82. The number of ether oxygens (including phenoxy) is 1. The Morgan fingerprint density at radius 2 is 1.96 bits per heavy atom. The number of nitrogens with zero attached hydrogens (tertiary/aromatic N) is 1. The van der Waals surface area contributed by atoms with Gasteiger partial charge in [0.05, 0.1) is 18.1 Å². The molecule has 2 saturated carbocycles. The van der Waals surface area contributed by atoms with Crippen LogP contribution >= 0.6 is 0 Å². The predicted octanol–water partition coefficient (Wildman–Crippen LogP) is 2.82. The molecule has 2 aliphatic carbocycles. The predicted molar refractivity (Wildman–Crippen MR) is 98.3 cm³/mol. The SMILES string of the molecule is NS(=O)(=O)c1cc(NC(=O)C2CC(F)(F)CCC2OC2CCCCC2)ccn1. The van der Waals surface area contributed by atoms with E-state index in [0.29, 0.717) is 0 Å². The van der Waals surface area contributed by atoms with Gasteiger partial charge in [0.25, 0.3) is 10.0 Å². The van der Waals surface area contributed by atoms with Gasteiger partial charge in [-0.2, -0.15) is 0 Å². The number of anilines is 1. The number of primary sulfonamides is 1. The van der Waals surface area contributed by atoms with Gasteiger partial charge in [0.15, 0.2) is 5.03 Å². The normalized spacial score (nSPS) is 26.0. The number of nitrogens with two attached hydrogens (primary N) is 1. The standard InChI is InChI=1S/C18H25F2N3O4S/c19-18(20)8-6-15(27-13-4-2-1-3-5-13)14(11-18)17(24)23-12-7-9-22-16(10-12)28(21,25)26/h7,9-10,13-15H,1-6,8,11H2,(H2,21,25,26)(H,22,23,24). The van der Waals surface area contributed by atoms with E-state index in [-0.39, 0.29) is 24.6 Å². The van der Waals surface area contributed by atoms with Crippen LogP contribution in [0.4, 0.5) is 14.5 Å². The summed E-state index contributed by atoms with van der Waals surface area (Å²) in [5.41, 5.74) is 0.134. The van der Waals surface area contributed by atoms with E-state index in [2.05, 4.69) is 10.3 Å². The number of alkyl halides is 2. The minimum absolute atomic E-state index is 0.00400. The van der Waals surface area contributed by atoms with E-state index in [4.69, 9.17) is 9.88 Å². The van der Waals surface area contributed by atoms with E-state index in [1.807, 2.05) is 0 Å². The van der Waals surface area contributed by atoms with Gasteiger partial charge in [0.2, 0.25) is 11.8 Å². The van der Waals surface area contributed by atoms with Crippen molar-refractivity contribution in [3.63, 3.8) is 0 Å². The number of carbonyl (C=O) groups excluding carboxylic acids is 1. The maximum absolute atomic E-state index is 14.0. The average molecular weight is 417 g/mol. The van der Waals surface area contributed by atoms with E-state index in [0.717, 1.165) is 38.2 Å². The van der Waals surface area contributed by atoms with E-state index < -0.39 is 45.3 Å². The summed E-state index contributed by atoms with van der Waals surface area (Å²) in [6.07, 6.45) is 4.78. The molecule has 1 amide bonds. The quantitative estimate of drug-likeness (QED) is 0.765. The second kappa shape index (κ2) is 8.38. The summed E-state index contributed by atoms with van der Waals surface area (Å²) < 4.78 is 56.9. The van der Waals surface area contributed by atoms with Crippen molar-refractivity contribution < 1.29 is 26.7 Å². The molecule has 0 spiro atoms. The monoisotopic (exact) mass is 417 g/mol. The fourth-order valence-corrected chi connectivity index (χ4v) is 4.36. The number of halogens is 2. The Balaban J connectivity index is 1.73. The van der Waals surface area contributed by atoms with Crippen molar-refractivity contribution in [3.8, 4) is 0 Å². The highest BCUT2D eigenvalue weighted by molar-refractivity contribution is 7.89. The van der Waals surface area contributed by atoms with Gasteiger partial charge in [0, 0.05) is 30.8 Å². The van der Waals surface area contributed by atoms with Crippen molar-refractivity contribution in [1.29, 1.82) is 0 Å². The molecule has 0 aromatic carbocycles. The second-order valence-corrected chi connectivity index (χ2v) is 9.07. The fourth-order valence-electron chi connectivity index (χ4n) is 3.86. The molecule has 1 heterocycles. The van der Waals surface area contributed by atoms with Crippen molar-refractivity contribution in [3.05, 3.63) is 18.3 Å². The van der Waals surface area contributed by atoms with Crippen molar-refractivity contribution in [2.45, 2.75) is 74.5 Å². The summed E-state index contributed by atoms with van der Waals surface area (Å²) in [5.74, 6) is -4.57. The molecule has 10 heteroatoms. The molecule has 1 aromatic heterocycles. The lowest BCUT2D eigenvalue weighted by Gasteiger charge is -2.37. The van der Waals surface area contributed by atoms with E-state index in [1.54, 1.807) is 0 Å². The van der Waals surface area contributed by atoms with Crippen LogP contribution < -0.4 is 10.5 Å². The molecular weight excluding hydrogens is 392 g/mol. The molecule has 2 atom stereocenters. The van der Waals surface area contributed by atoms with Gasteiger partial charge < -0.3 is 10.1 Å². The first-order chi connectivity index (χ1) is 13.1. The number of hydrogen-bond acceptors (Lipinski definition) is 5. The van der Waals surface area contributed by atoms with Crippen molar-refractivity contribution in [1.82, 2.24) is 4.98 Å². The molecule has 156 valence electrons. The minimum atomic E-state index is -4.04. The van der Waals surface area contributed by atoms with E-state index in [9.17, 15) is 22.0 Å². The topological polar surface area (TPSA) is 111 Å². The Morgan fingerprint density at radius 3 is 2.64 bits per heavy atom. The van der Waals surface area contributed by atoms with E-state index >= 15 is 0 Å². The van der Waals surface area contributed by atoms with Gasteiger partial charge in [-0.05, 0) is 25.3 Å². The summed E-state index contributed by atoms with van der Waals surface area (Å²) in [6, 6.07) is 2.48. The summed E-state index contributed by atoms with van der Waals surface area (Å²) in [7, 11) is -4.04. The highest BCUT2D eigenvalue weighted by Gasteiger charge is 2.45. The lowest BCUT2D eigenvalue weighted by Crippen LogP contribution is -2.45. The minimum Gasteiger partial charge on any atom is -0.374 e. The van der Waals surface area contributed by atoms with Gasteiger partial charge in [-0.1, -0.05) is 19.3 Å². The first kappa shape index (κ1) is 21.1. The van der Waals surface area contributed by atoms with Crippen LogP contribution in [0.5, 0.6) is 0 Å². The smallest absolute Gasteiger partial charge is 0.255 e. The number of sulfonamides is 1. The number of pyridine rings is 1. The van der Waals surface area contributed by atoms with Gasteiger partial charge in [-0.15, -0.1) is 0 Å². The summed E-state index contributed by atoms with van der Waals surface area (Å²) in [5, 5.41) is 7.15. The Labute approximate surface area is 163 Å². The molecule has 0 bridgehead atoms. The molecule has 0 aliphatic heterocycles. The molecule has 3 rings (SSSR count). The van der Waals surface area contributed by atoms with Crippen molar-refractivity contribution >= 4 is 21.6 Å². The van der Waals surface area contributed by atoms with Crippen LogP contribution in [0.1, 0.15) is 51.4 Å². The zero-order chi connectivity index (χ0) is 20.4. The van der Waals surface area contributed by atoms with Gasteiger partial charge in [0.1, 0.15) is 0 Å². The molecule has 0 radical (unpaired) electrons. The highest BCUT2D eigenvalue weighted by Crippen LogP contribution is 2.40. The molecule has 28 heavy (non-hydrogen) atoms. The molecule has 2 fully saturated rings. The molecule has 3 N–H and O–H groups in total. The van der Waals surface area contributed by atoms with Crippen molar-refractivity contribution in [2.75, 3.05) is 5.32 Å². The highest BCUT2D eigenvalue weighted by atomic mass is 32.2. The van der Waals surface area contributed by atoms with Gasteiger partial charge >= 0.3 is 0 Å². The summed E-state index contributed by atoms with van der Waals surface area (Å²) in [6.45, 7) is 0. The number of rotatable bonds is 5. The lowest BCUT2D eigenvalue weighted by molar-refractivity contribution is -0.152. The zero-order valence-corrected chi connectivity index (χ0v) is 16.3. The Kier molecular flexibility index (Phi) is 6.31.